The molecule has 2 heterocycles. The molecule has 30 heavy (non-hydrogen) atoms. The van der Waals surface area contributed by atoms with E-state index >= 15 is 0 Å². The van der Waals surface area contributed by atoms with Crippen molar-refractivity contribution in [2.24, 2.45) is 0 Å². The molecule has 0 amide bonds. The minimum atomic E-state index is 0.409. The Morgan fingerprint density at radius 2 is 1.87 bits per heavy atom. The van der Waals surface area contributed by atoms with Gasteiger partial charge in [0, 0.05) is 11.6 Å². The maximum Gasteiger partial charge on any atom is 0.241 e. The second kappa shape index (κ2) is 8.93. The average molecular weight is 430 g/mol. The largest absolute Gasteiger partial charge is 0.493 e. The number of likely N-dealkylation sites (tertiary alicyclic amines) is 1. The molecule has 0 radical (unpaired) electrons. The lowest BCUT2D eigenvalue weighted by atomic mass is 9.98. The van der Waals surface area contributed by atoms with Crippen molar-refractivity contribution >= 4 is 11.6 Å². The van der Waals surface area contributed by atoms with Crippen LogP contribution in [0.2, 0.25) is 5.02 Å². The third kappa shape index (κ3) is 3.95. The zero-order chi connectivity index (χ0) is 21.1. The van der Waals surface area contributed by atoms with Gasteiger partial charge in [-0.25, -0.2) is 0 Å². The Morgan fingerprint density at radius 1 is 1.07 bits per heavy atom. The van der Waals surface area contributed by atoms with Gasteiger partial charge in [-0.15, -0.1) is 0 Å². The Hall–Kier alpha value is -2.77. The number of ether oxygens (including phenoxy) is 3. The molecule has 0 spiro atoms. The first-order valence-electron chi connectivity index (χ1n) is 9.73. The highest BCUT2D eigenvalue weighted by Gasteiger charge is 2.27. The topological polar surface area (TPSA) is 69.9 Å². The first-order chi connectivity index (χ1) is 14.6. The Balaban J connectivity index is 1.50. The maximum absolute atomic E-state index is 6.37. The first kappa shape index (κ1) is 20.5. The van der Waals surface area contributed by atoms with Crippen LogP contribution in [0, 0.1) is 0 Å². The summed E-state index contributed by atoms with van der Waals surface area (Å²) >= 11 is 6.37. The monoisotopic (exact) mass is 429 g/mol. The van der Waals surface area contributed by atoms with Gasteiger partial charge in [0.05, 0.1) is 33.4 Å². The molecule has 3 aromatic rings. The van der Waals surface area contributed by atoms with Crippen LogP contribution in [0.1, 0.15) is 23.8 Å². The van der Waals surface area contributed by atoms with Gasteiger partial charge in [0.15, 0.2) is 11.5 Å². The number of aromatic nitrogens is 2. The quantitative estimate of drug-likeness (QED) is 0.551. The highest BCUT2D eigenvalue weighted by atomic mass is 35.5. The summed E-state index contributed by atoms with van der Waals surface area (Å²) < 4.78 is 21.8. The molecule has 0 aliphatic carbocycles. The van der Waals surface area contributed by atoms with Crippen molar-refractivity contribution in [2.45, 2.75) is 18.9 Å². The van der Waals surface area contributed by atoms with Gasteiger partial charge in [-0.2, -0.15) is 4.98 Å². The summed E-state index contributed by atoms with van der Waals surface area (Å²) in [5.74, 6) is 2.98. The number of methoxy groups -OCH3 is 3. The van der Waals surface area contributed by atoms with Crippen LogP contribution in [0.15, 0.2) is 40.9 Å². The fourth-order valence-electron chi connectivity index (χ4n) is 3.93. The number of nitrogens with zero attached hydrogens (tertiary/aromatic N) is 3. The van der Waals surface area contributed by atoms with Crippen molar-refractivity contribution in [2.75, 3.05) is 34.4 Å². The fourth-order valence-corrected chi connectivity index (χ4v) is 4.22. The third-order valence-electron chi connectivity index (χ3n) is 5.39. The van der Waals surface area contributed by atoms with Gasteiger partial charge < -0.3 is 18.7 Å². The molecule has 0 bridgehead atoms. The van der Waals surface area contributed by atoms with E-state index in [0.29, 0.717) is 47.0 Å². The van der Waals surface area contributed by atoms with Crippen molar-refractivity contribution in [1.29, 1.82) is 0 Å². The van der Waals surface area contributed by atoms with Crippen LogP contribution in [0.4, 0.5) is 0 Å². The van der Waals surface area contributed by atoms with Gasteiger partial charge in [0.2, 0.25) is 17.5 Å². The molecule has 4 rings (SSSR count). The minimum Gasteiger partial charge on any atom is -0.493 e. The normalized spacial score (nSPS) is 16.6. The van der Waals surface area contributed by atoms with E-state index in [1.54, 1.807) is 27.4 Å². The van der Waals surface area contributed by atoms with Crippen molar-refractivity contribution in [1.82, 2.24) is 15.0 Å². The number of hydrogen-bond acceptors (Lipinski definition) is 7. The van der Waals surface area contributed by atoms with Gasteiger partial charge >= 0.3 is 0 Å². The van der Waals surface area contributed by atoms with E-state index in [0.717, 1.165) is 24.5 Å². The predicted octanol–water partition coefficient (Wildman–Crippen LogP) is 4.41. The zero-order valence-corrected chi connectivity index (χ0v) is 18.0. The second-order valence-electron chi connectivity index (χ2n) is 7.14. The zero-order valence-electron chi connectivity index (χ0n) is 17.2. The molecule has 1 saturated heterocycles. The van der Waals surface area contributed by atoms with Crippen LogP contribution in [0.3, 0.4) is 0 Å². The van der Waals surface area contributed by atoms with Gasteiger partial charge in [0.1, 0.15) is 0 Å². The Labute approximate surface area is 180 Å². The standard InChI is InChI=1S/C22H24ClN3O4/c1-27-18-9-8-16(20(28-2)21(18)29-3)22-24-19(30-25-22)13-26-11-10-14(12-26)15-6-4-5-7-17(15)23/h4-9,14H,10-13H2,1-3H3/t14-/m1/s1. The van der Waals surface area contributed by atoms with Gasteiger partial charge in [0.25, 0.3) is 0 Å². The van der Waals surface area contributed by atoms with Crippen LogP contribution >= 0.6 is 11.6 Å². The van der Waals surface area contributed by atoms with E-state index in [1.165, 1.54) is 5.56 Å². The molecule has 7 nitrogen and oxygen atoms in total. The molecule has 158 valence electrons. The van der Waals surface area contributed by atoms with Crippen molar-refractivity contribution < 1.29 is 18.7 Å². The van der Waals surface area contributed by atoms with Crippen LogP contribution in [-0.4, -0.2) is 49.5 Å². The highest BCUT2D eigenvalue weighted by molar-refractivity contribution is 6.31. The van der Waals surface area contributed by atoms with Gasteiger partial charge in [-0.1, -0.05) is 35.0 Å². The molecule has 1 atom stereocenters. The first-order valence-corrected chi connectivity index (χ1v) is 10.1. The number of hydrogen-bond donors (Lipinski definition) is 0. The Kier molecular flexibility index (Phi) is 6.11. The Morgan fingerprint density at radius 3 is 2.60 bits per heavy atom. The van der Waals surface area contributed by atoms with Gasteiger partial charge in [-0.05, 0) is 42.6 Å². The van der Waals surface area contributed by atoms with E-state index < -0.39 is 0 Å². The molecule has 1 fully saturated rings. The molecule has 0 unspecified atom stereocenters. The minimum absolute atomic E-state index is 0.409. The summed E-state index contributed by atoms with van der Waals surface area (Å²) in [6.45, 7) is 2.44. The number of rotatable bonds is 7. The van der Waals surface area contributed by atoms with Crippen LogP contribution in [0.25, 0.3) is 11.4 Å². The lowest BCUT2D eigenvalue weighted by Gasteiger charge is -2.14. The molecule has 0 saturated carbocycles. The van der Waals surface area contributed by atoms with Crippen LogP contribution < -0.4 is 14.2 Å². The van der Waals surface area contributed by atoms with E-state index in [1.807, 2.05) is 24.3 Å². The summed E-state index contributed by atoms with van der Waals surface area (Å²) in [5.41, 5.74) is 1.88. The predicted molar refractivity (Wildman–Crippen MR) is 113 cm³/mol. The smallest absolute Gasteiger partial charge is 0.241 e. The lowest BCUT2D eigenvalue weighted by molar-refractivity contribution is 0.265. The molecule has 8 heteroatoms. The van der Waals surface area contributed by atoms with Crippen molar-refractivity contribution in [3.63, 3.8) is 0 Å². The molecule has 1 aliphatic rings. The Bertz CT molecular complexity index is 1020. The number of benzene rings is 2. The second-order valence-corrected chi connectivity index (χ2v) is 7.54. The van der Waals surface area contributed by atoms with E-state index in [-0.39, 0.29) is 0 Å². The van der Waals surface area contributed by atoms with Crippen molar-refractivity contribution in [3.05, 3.63) is 52.9 Å². The van der Waals surface area contributed by atoms with Crippen LogP contribution in [-0.2, 0) is 6.54 Å². The van der Waals surface area contributed by atoms with Crippen LogP contribution in [0.5, 0.6) is 17.2 Å². The average Bonchev–Trinajstić information content (AvgIpc) is 3.43. The molecule has 2 aromatic carbocycles. The van der Waals surface area contributed by atoms with Gasteiger partial charge in [-0.3, -0.25) is 4.90 Å². The third-order valence-corrected chi connectivity index (χ3v) is 5.73. The molecule has 1 aliphatic heterocycles. The van der Waals surface area contributed by atoms with E-state index in [4.69, 9.17) is 30.3 Å². The molecule has 0 N–H and O–H groups in total. The molecular weight excluding hydrogens is 406 g/mol. The fraction of sp³-hybridized carbons (Fsp3) is 0.364. The maximum atomic E-state index is 6.37. The molecule has 1 aromatic heterocycles. The van der Waals surface area contributed by atoms with E-state index in [9.17, 15) is 0 Å². The molecular formula is C22H24ClN3O4. The summed E-state index contributed by atoms with van der Waals surface area (Å²) in [5, 5.41) is 4.97. The summed E-state index contributed by atoms with van der Waals surface area (Å²) in [7, 11) is 4.71. The summed E-state index contributed by atoms with van der Waals surface area (Å²) in [6, 6.07) is 11.7. The van der Waals surface area contributed by atoms with E-state index in [2.05, 4.69) is 21.1 Å². The lowest BCUT2D eigenvalue weighted by Crippen LogP contribution is -2.20. The van der Waals surface area contributed by atoms with Crippen molar-refractivity contribution in [3.8, 4) is 28.6 Å². The summed E-state index contributed by atoms with van der Waals surface area (Å²) in [6.07, 6.45) is 1.05. The SMILES string of the molecule is COc1ccc(-c2noc(CN3CC[C@@H](c4ccccc4Cl)C3)n2)c(OC)c1OC. The summed E-state index contributed by atoms with van der Waals surface area (Å²) in [4.78, 5) is 6.88. The number of halogens is 1. The highest BCUT2D eigenvalue weighted by Crippen LogP contribution is 2.43.